The molecular formula is C10H14FN3O3S. The average molecular weight is 275 g/mol. The molecule has 0 aliphatic rings. The summed E-state index contributed by atoms with van der Waals surface area (Å²) >= 11 is 0. The van der Waals surface area contributed by atoms with Crippen molar-refractivity contribution in [3.63, 3.8) is 0 Å². The van der Waals surface area contributed by atoms with Gasteiger partial charge in [0, 0.05) is 5.56 Å². The first-order valence-corrected chi connectivity index (χ1v) is 6.82. The summed E-state index contributed by atoms with van der Waals surface area (Å²) in [4.78, 5) is 0. The lowest BCUT2D eigenvalue weighted by molar-refractivity contribution is 0.318. The van der Waals surface area contributed by atoms with Crippen LogP contribution in [0, 0.1) is 5.82 Å². The van der Waals surface area contributed by atoms with Gasteiger partial charge in [0.25, 0.3) is 0 Å². The van der Waals surface area contributed by atoms with Crippen LogP contribution in [0.4, 0.5) is 10.1 Å². The molecule has 0 amide bonds. The summed E-state index contributed by atoms with van der Waals surface area (Å²) in [6, 6.07) is 3.55. The number of nitrogens with one attached hydrogen (secondary N) is 1. The zero-order valence-corrected chi connectivity index (χ0v) is 10.5. The highest BCUT2D eigenvalue weighted by molar-refractivity contribution is 7.92. The van der Waals surface area contributed by atoms with Gasteiger partial charge >= 0.3 is 0 Å². The number of nitrogens with two attached hydrogens (primary N) is 1. The molecule has 0 spiro atoms. The molecule has 4 N–H and O–H groups in total. The van der Waals surface area contributed by atoms with E-state index in [1.54, 1.807) is 6.92 Å². The predicted octanol–water partition coefficient (Wildman–Crippen LogP) is 1.07. The Hall–Kier alpha value is -1.83. The predicted molar refractivity (Wildman–Crippen MR) is 66.6 cm³/mol. The highest BCUT2D eigenvalue weighted by Gasteiger charge is 2.13. The van der Waals surface area contributed by atoms with Crippen LogP contribution in [-0.2, 0) is 10.0 Å². The van der Waals surface area contributed by atoms with E-state index in [-0.39, 0.29) is 22.8 Å². The van der Waals surface area contributed by atoms with Crippen molar-refractivity contribution in [2.45, 2.75) is 13.3 Å². The van der Waals surface area contributed by atoms with Gasteiger partial charge in [-0.05, 0) is 24.6 Å². The Morgan fingerprint density at radius 2 is 2.22 bits per heavy atom. The van der Waals surface area contributed by atoms with E-state index < -0.39 is 15.8 Å². The molecule has 0 fully saturated rings. The van der Waals surface area contributed by atoms with Gasteiger partial charge in [0.15, 0.2) is 5.84 Å². The van der Waals surface area contributed by atoms with Crippen molar-refractivity contribution in [1.29, 1.82) is 0 Å². The quantitative estimate of drug-likeness (QED) is 0.323. The highest BCUT2D eigenvalue weighted by atomic mass is 32.2. The van der Waals surface area contributed by atoms with E-state index >= 15 is 0 Å². The van der Waals surface area contributed by atoms with E-state index in [9.17, 15) is 12.8 Å². The molecule has 0 saturated heterocycles. The maximum atomic E-state index is 13.6. The summed E-state index contributed by atoms with van der Waals surface area (Å²) in [5.74, 6) is -1.13. The third-order valence-electron chi connectivity index (χ3n) is 2.11. The highest BCUT2D eigenvalue weighted by Crippen LogP contribution is 2.17. The van der Waals surface area contributed by atoms with Gasteiger partial charge in [0.05, 0.1) is 11.4 Å². The average Bonchev–Trinajstić information content (AvgIpc) is 2.30. The van der Waals surface area contributed by atoms with Crippen LogP contribution in [0.3, 0.4) is 0 Å². The molecule has 0 heterocycles. The third kappa shape index (κ3) is 3.59. The molecule has 0 bridgehead atoms. The number of hydrogen-bond donors (Lipinski definition) is 3. The maximum absolute atomic E-state index is 13.6. The van der Waals surface area contributed by atoms with Crippen LogP contribution in [0.25, 0.3) is 0 Å². The van der Waals surface area contributed by atoms with Gasteiger partial charge in [0.2, 0.25) is 10.0 Å². The minimum atomic E-state index is -3.55. The Bertz CT molecular complexity index is 557. The largest absolute Gasteiger partial charge is 0.409 e. The SMILES string of the molecule is CCCS(=O)(=O)Nc1ccc(/C(N)=N/O)cc1F. The first-order chi connectivity index (χ1) is 8.39. The number of sulfonamides is 1. The second-order valence-corrected chi connectivity index (χ2v) is 5.44. The molecule has 8 heteroatoms. The topological polar surface area (TPSA) is 105 Å². The van der Waals surface area contributed by atoms with Crippen molar-refractivity contribution in [1.82, 2.24) is 0 Å². The Morgan fingerprint density at radius 3 is 2.72 bits per heavy atom. The van der Waals surface area contributed by atoms with Crippen LogP contribution in [-0.4, -0.2) is 25.2 Å². The van der Waals surface area contributed by atoms with Crippen molar-refractivity contribution < 1.29 is 18.0 Å². The Morgan fingerprint density at radius 1 is 1.56 bits per heavy atom. The lowest BCUT2D eigenvalue weighted by Gasteiger charge is -2.09. The molecule has 0 aromatic heterocycles. The van der Waals surface area contributed by atoms with E-state index in [4.69, 9.17) is 10.9 Å². The van der Waals surface area contributed by atoms with E-state index in [0.29, 0.717) is 6.42 Å². The molecule has 18 heavy (non-hydrogen) atoms. The fraction of sp³-hybridized carbons (Fsp3) is 0.300. The second-order valence-electron chi connectivity index (χ2n) is 3.60. The number of amidine groups is 1. The van der Waals surface area contributed by atoms with Gasteiger partial charge in [-0.3, -0.25) is 4.72 Å². The molecule has 0 aliphatic heterocycles. The molecule has 100 valence electrons. The number of benzene rings is 1. The van der Waals surface area contributed by atoms with Gasteiger partial charge in [-0.25, -0.2) is 12.8 Å². The zero-order chi connectivity index (χ0) is 13.8. The summed E-state index contributed by atoms with van der Waals surface area (Å²) in [5.41, 5.74) is 5.27. The lowest BCUT2D eigenvalue weighted by atomic mass is 10.2. The number of oxime groups is 1. The second kappa shape index (κ2) is 5.67. The Kier molecular flexibility index (Phi) is 4.49. The van der Waals surface area contributed by atoms with Crippen molar-refractivity contribution in [2.24, 2.45) is 10.9 Å². The number of rotatable bonds is 5. The molecule has 0 saturated carbocycles. The van der Waals surface area contributed by atoms with Crippen molar-refractivity contribution in [3.05, 3.63) is 29.6 Å². The summed E-state index contributed by atoms with van der Waals surface area (Å²) in [6.45, 7) is 1.71. The minimum absolute atomic E-state index is 0.0889. The first-order valence-electron chi connectivity index (χ1n) is 5.17. The molecule has 0 radical (unpaired) electrons. The molecule has 0 atom stereocenters. The fourth-order valence-electron chi connectivity index (χ4n) is 1.30. The van der Waals surface area contributed by atoms with Gasteiger partial charge in [-0.15, -0.1) is 0 Å². The molecule has 6 nitrogen and oxygen atoms in total. The van der Waals surface area contributed by atoms with Crippen LogP contribution in [0.5, 0.6) is 0 Å². The minimum Gasteiger partial charge on any atom is -0.409 e. The van der Waals surface area contributed by atoms with Crippen molar-refractivity contribution in [3.8, 4) is 0 Å². The summed E-state index contributed by atoms with van der Waals surface area (Å²) in [6.07, 6.45) is 0.430. The Balaban J connectivity index is 3.00. The zero-order valence-electron chi connectivity index (χ0n) is 9.72. The maximum Gasteiger partial charge on any atom is 0.232 e. The molecule has 0 unspecified atom stereocenters. The van der Waals surface area contributed by atoms with E-state index in [0.717, 1.165) is 6.07 Å². The lowest BCUT2D eigenvalue weighted by Crippen LogP contribution is -2.18. The van der Waals surface area contributed by atoms with Gasteiger partial charge in [-0.1, -0.05) is 12.1 Å². The summed E-state index contributed by atoms with van der Waals surface area (Å²) in [5, 5.41) is 11.2. The first kappa shape index (κ1) is 14.2. The number of nitrogens with zero attached hydrogens (tertiary/aromatic N) is 1. The smallest absolute Gasteiger partial charge is 0.232 e. The number of hydrogen-bond acceptors (Lipinski definition) is 4. The van der Waals surface area contributed by atoms with Crippen molar-refractivity contribution >= 4 is 21.5 Å². The molecular weight excluding hydrogens is 261 g/mol. The van der Waals surface area contributed by atoms with Gasteiger partial charge < -0.3 is 10.9 Å². The number of halogens is 1. The molecule has 1 aromatic carbocycles. The standard InChI is InChI=1S/C10H14FN3O3S/c1-2-5-18(16,17)14-9-4-3-7(6-8(9)11)10(12)13-15/h3-4,6,14-15H,2,5H2,1H3,(H2,12,13). The van der Waals surface area contributed by atoms with Crippen LogP contribution in [0.15, 0.2) is 23.4 Å². The molecule has 1 rings (SSSR count). The van der Waals surface area contributed by atoms with E-state index in [1.807, 2.05) is 0 Å². The van der Waals surface area contributed by atoms with Crippen molar-refractivity contribution in [2.75, 3.05) is 10.5 Å². The molecule has 0 aliphatic carbocycles. The van der Waals surface area contributed by atoms with Crippen LogP contribution >= 0.6 is 0 Å². The van der Waals surface area contributed by atoms with Gasteiger partial charge in [0.1, 0.15) is 5.82 Å². The van der Waals surface area contributed by atoms with Gasteiger partial charge in [-0.2, -0.15) is 0 Å². The summed E-state index contributed by atoms with van der Waals surface area (Å²) in [7, 11) is -3.55. The monoisotopic (exact) mass is 275 g/mol. The van der Waals surface area contributed by atoms with E-state index in [1.165, 1.54) is 12.1 Å². The van der Waals surface area contributed by atoms with Crippen LogP contribution < -0.4 is 10.5 Å². The van der Waals surface area contributed by atoms with E-state index in [2.05, 4.69) is 9.88 Å². The van der Waals surface area contributed by atoms with Crippen LogP contribution in [0.1, 0.15) is 18.9 Å². The van der Waals surface area contributed by atoms with Crippen LogP contribution in [0.2, 0.25) is 0 Å². The third-order valence-corrected chi connectivity index (χ3v) is 3.59. The molecule has 1 aromatic rings. The summed E-state index contributed by atoms with van der Waals surface area (Å²) < 4.78 is 38.6. The normalized spacial score (nSPS) is 12.4. The fourth-order valence-corrected chi connectivity index (χ4v) is 2.44. The Labute approximate surface area is 104 Å². The number of anilines is 1.